The molecule has 25 heavy (non-hydrogen) atoms. The molecule has 8 heteroatoms. The zero-order chi connectivity index (χ0) is 18.2. The molecule has 2 rings (SSSR count). The van der Waals surface area contributed by atoms with Crippen molar-refractivity contribution in [1.29, 1.82) is 0 Å². The Morgan fingerprint density at radius 2 is 1.80 bits per heavy atom. The Labute approximate surface area is 148 Å². The number of amides is 2. The van der Waals surface area contributed by atoms with E-state index in [9.17, 15) is 14.4 Å². The van der Waals surface area contributed by atoms with Crippen molar-refractivity contribution in [3.05, 3.63) is 59.1 Å². The number of rotatable bonds is 7. The lowest BCUT2D eigenvalue weighted by atomic mass is 10.2. The van der Waals surface area contributed by atoms with Crippen LogP contribution in [0.5, 0.6) is 5.75 Å². The van der Waals surface area contributed by atoms with Crippen LogP contribution < -0.4 is 15.8 Å². The van der Waals surface area contributed by atoms with Gasteiger partial charge in [0.1, 0.15) is 5.75 Å². The van der Waals surface area contributed by atoms with E-state index in [4.69, 9.17) is 26.8 Å². The van der Waals surface area contributed by atoms with E-state index in [0.717, 1.165) is 0 Å². The summed E-state index contributed by atoms with van der Waals surface area (Å²) in [7, 11) is 0. The predicted molar refractivity (Wildman–Crippen MR) is 91.5 cm³/mol. The van der Waals surface area contributed by atoms with E-state index < -0.39 is 31.0 Å². The highest BCUT2D eigenvalue weighted by Gasteiger charge is 2.12. The first-order valence-corrected chi connectivity index (χ1v) is 7.56. The lowest BCUT2D eigenvalue weighted by Crippen LogP contribution is -2.24. The molecule has 3 N–H and O–H groups in total. The minimum atomic E-state index is -0.763. The van der Waals surface area contributed by atoms with Crippen LogP contribution in [-0.4, -0.2) is 31.0 Å². The monoisotopic (exact) mass is 362 g/mol. The molecular weight excluding hydrogens is 348 g/mol. The molecule has 0 saturated heterocycles. The van der Waals surface area contributed by atoms with E-state index in [2.05, 4.69) is 5.32 Å². The number of carbonyl (C=O) groups is 3. The van der Waals surface area contributed by atoms with Crippen LogP contribution in [0.3, 0.4) is 0 Å². The van der Waals surface area contributed by atoms with Gasteiger partial charge in [-0.2, -0.15) is 0 Å². The Bertz CT molecular complexity index is 794. The topological polar surface area (TPSA) is 108 Å². The molecular formula is C17H15ClN2O5. The van der Waals surface area contributed by atoms with E-state index in [1.54, 1.807) is 36.4 Å². The van der Waals surface area contributed by atoms with E-state index >= 15 is 0 Å². The summed E-state index contributed by atoms with van der Waals surface area (Å²) in [5.41, 5.74) is 5.84. The number of nitrogens with two attached hydrogens (primary N) is 1. The molecule has 0 aliphatic carbocycles. The van der Waals surface area contributed by atoms with Gasteiger partial charge in [0.15, 0.2) is 13.2 Å². The maximum Gasteiger partial charge on any atom is 0.344 e. The Kier molecular flexibility index (Phi) is 6.36. The summed E-state index contributed by atoms with van der Waals surface area (Å²) in [5.74, 6) is -1.80. The van der Waals surface area contributed by atoms with Gasteiger partial charge in [0.05, 0.1) is 5.56 Å². The third kappa shape index (κ3) is 5.82. The van der Waals surface area contributed by atoms with Crippen molar-refractivity contribution >= 4 is 35.1 Å². The summed E-state index contributed by atoms with van der Waals surface area (Å²) in [4.78, 5) is 34.6. The second-order valence-electron chi connectivity index (χ2n) is 4.87. The number of hydrogen-bond acceptors (Lipinski definition) is 5. The van der Waals surface area contributed by atoms with E-state index in [-0.39, 0.29) is 11.3 Å². The number of anilines is 1. The minimum Gasteiger partial charge on any atom is -0.481 e. The quantitative estimate of drug-likeness (QED) is 0.732. The fourth-order valence-corrected chi connectivity index (χ4v) is 2.07. The molecule has 130 valence electrons. The molecule has 0 aliphatic rings. The van der Waals surface area contributed by atoms with Crippen LogP contribution in [0.1, 0.15) is 10.4 Å². The van der Waals surface area contributed by atoms with Crippen LogP contribution in [0.15, 0.2) is 48.5 Å². The second kappa shape index (κ2) is 8.70. The van der Waals surface area contributed by atoms with E-state index in [1.807, 2.05) is 0 Å². The molecule has 0 aliphatic heterocycles. The number of benzene rings is 2. The Morgan fingerprint density at radius 1 is 1.04 bits per heavy atom. The average Bonchev–Trinajstić information content (AvgIpc) is 2.58. The van der Waals surface area contributed by atoms with Gasteiger partial charge in [-0.15, -0.1) is 0 Å². The Hall–Kier alpha value is -3.06. The number of nitrogens with one attached hydrogen (secondary N) is 1. The van der Waals surface area contributed by atoms with Crippen molar-refractivity contribution in [1.82, 2.24) is 0 Å². The van der Waals surface area contributed by atoms with Crippen LogP contribution in [-0.2, 0) is 14.3 Å². The smallest absolute Gasteiger partial charge is 0.344 e. The standard InChI is InChI=1S/C17H15ClN2O5/c18-11-4-3-5-12(8-11)20-15(21)9-25-16(22)10-24-14-7-2-1-6-13(14)17(19)23/h1-8H,9-10H2,(H2,19,23)(H,20,21). The summed E-state index contributed by atoms with van der Waals surface area (Å²) < 4.78 is 10.0. The molecule has 0 saturated carbocycles. The highest BCUT2D eigenvalue weighted by Crippen LogP contribution is 2.17. The number of carbonyl (C=O) groups excluding carboxylic acids is 3. The molecule has 0 fully saturated rings. The van der Waals surface area contributed by atoms with Gasteiger partial charge in [0.25, 0.3) is 11.8 Å². The first-order valence-electron chi connectivity index (χ1n) is 7.18. The maximum atomic E-state index is 11.7. The molecule has 0 radical (unpaired) electrons. The predicted octanol–water partition coefficient (Wildman–Crippen LogP) is 2.00. The van der Waals surface area contributed by atoms with Crippen LogP contribution in [0.25, 0.3) is 0 Å². The lowest BCUT2D eigenvalue weighted by Gasteiger charge is -2.09. The number of ether oxygens (including phenoxy) is 2. The summed E-state index contributed by atoms with van der Waals surface area (Å²) >= 11 is 5.80. The Balaban J connectivity index is 1.79. The summed E-state index contributed by atoms with van der Waals surface area (Å²) in [5, 5.41) is 3.00. The van der Waals surface area contributed by atoms with Crippen molar-refractivity contribution < 1.29 is 23.9 Å². The van der Waals surface area contributed by atoms with Gasteiger partial charge in [-0.1, -0.05) is 29.8 Å². The van der Waals surface area contributed by atoms with Crippen molar-refractivity contribution in [2.45, 2.75) is 0 Å². The molecule has 0 spiro atoms. The lowest BCUT2D eigenvalue weighted by molar-refractivity contribution is -0.149. The van der Waals surface area contributed by atoms with Gasteiger partial charge in [0, 0.05) is 10.7 Å². The number of hydrogen-bond donors (Lipinski definition) is 2. The fraction of sp³-hybridized carbons (Fsp3) is 0.118. The molecule has 0 aromatic heterocycles. The van der Waals surface area contributed by atoms with Crippen molar-refractivity contribution in [2.24, 2.45) is 5.73 Å². The average molecular weight is 363 g/mol. The third-order valence-electron chi connectivity index (χ3n) is 2.97. The Morgan fingerprint density at radius 3 is 2.52 bits per heavy atom. The van der Waals surface area contributed by atoms with Gasteiger partial charge in [0.2, 0.25) is 0 Å². The molecule has 2 amide bonds. The minimum absolute atomic E-state index is 0.147. The normalized spacial score (nSPS) is 9.96. The summed E-state index contributed by atoms with van der Waals surface area (Å²) in [6.45, 7) is -0.944. The highest BCUT2D eigenvalue weighted by molar-refractivity contribution is 6.30. The number of primary amides is 1. The molecule has 0 unspecified atom stereocenters. The summed E-state index contributed by atoms with van der Waals surface area (Å²) in [6.07, 6.45) is 0. The maximum absolute atomic E-state index is 11.7. The van der Waals surface area contributed by atoms with Gasteiger partial charge in [-0.3, -0.25) is 9.59 Å². The van der Waals surface area contributed by atoms with Crippen LogP contribution in [0, 0.1) is 0 Å². The molecule has 2 aromatic carbocycles. The third-order valence-corrected chi connectivity index (χ3v) is 3.21. The van der Waals surface area contributed by atoms with Crippen molar-refractivity contribution in [3.63, 3.8) is 0 Å². The largest absolute Gasteiger partial charge is 0.481 e. The van der Waals surface area contributed by atoms with E-state index in [1.165, 1.54) is 12.1 Å². The fourth-order valence-electron chi connectivity index (χ4n) is 1.88. The number of para-hydroxylation sites is 1. The zero-order valence-corrected chi connectivity index (χ0v) is 13.8. The zero-order valence-electron chi connectivity index (χ0n) is 13.0. The number of esters is 1. The molecule has 7 nitrogen and oxygen atoms in total. The molecule has 0 bridgehead atoms. The molecule has 2 aromatic rings. The second-order valence-corrected chi connectivity index (χ2v) is 5.30. The molecule has 0 atom stereocenters. The summed E-state index contributed by atoms with van der Waals surface area (Å²) in [6, 6.07) is 12.8. The first kappa shape index (κ1) is 18.3. The molecule has 0 heterocycles. The van der Waals surface area contributed by atoms with Crippen molar-refractivity contribution in [2.75, 3.05) is 18.5 Å². The van der Waals surface area contributed by atoms with Crippen molar-refractivity contribution in [3.8, 4) is 5.75 Å². The van der Waals surface area contributed by atoms with Crippen LogP contribution in [0.4, 0.5) is 5.69 Å². The van der Waals surface area contributed by atoms with Gasteiger partial charge < -0.3 is 20.5 Å². The van der Waals surface area contributed by atoms with Gasteiger partial charge >= 0.3 is 5.97 Å². The van der Waals surface area contributed by atoms with Crippen LogP contribution in [0.2, 0.25) is 5.02 Å². The first-order chi connectivity index (χ1) is 12.0. The van der Waals surface area contributed by atoms with E-state index in [0.29, 0.717) is 10.7 Å². The van der Waals surface area contributed by atoms with Crippen LogP contribution >= 0.6 is 11.6 Å². The SMILES string of the molecule is NC(=O)c1ccccc1OCC(=O)OCC(=O)Nc1cccc(Cl)c1. The number of halogens is 1. The highest BCUT2D eigenvalue weighted by atomic mass is 35.5. The van der Waals surface area contributed by atoms with Gasteiger partial charge in [-0.05, 0) is 30.3 Å². The van der Waals surface area contributed by atoms with Gasteiger partial charge in [-0.25, -0.2) is 4.79 Å².